The summed E-state index contributed by atoms with van der Waals surface area (Å²) in [6.45, 7) is 4.05. The van der Waals surface area contributed by atoms with Crippen molar-refractivity contribution in [3.8, 4) is 0 Å². The van der Waals surface area contributed by atoms with Crippen molar-refractivity contribution < 1.29 is 14.7 Å². The molecule has 0 bridgehead atoms. The summed E-state index contributed by atoms with van der Waals surface area (Å²) in [6, 6.07) is 6.99. The average molecular weight is 249 g/mol. The zero-order chi connectivity index (χ0) is 13.5. The molecule has 2 N–H and O–H groups in total. The van der Waals surface area contributed by atoms with Crippen LogP contribution in [0.15, 0.2) is 24.3 Å². The lowest BCUT2D eigenvalue weighted by molar-refractivity contribution is -0.136. The van der Waals surface area contributed by atoms with E-state index in [1.54, 1.807) is 24.3 Å². The number of aliphatic carboxylic acids is 1. The molecule has 1 aromatic carbocycles. The summed E-state index contributed by atoms with van der Waals surface area (Å²) in [4.78, 5) is 22.5. The number of carbonyl (C=O) groups excluding carboxylic acids is 1. The van der Waals surface area contributed by atoms with E-state index < -0.39 is 5.97 Å². The summed E-state index contributed by atoms with van der Waals surface area (Å²) >= 11 is 0. The highest BCUT2D eigenvalue weighted by atomic mass is 16.4. The Morgan fingerprint density at radius 3 is 2.61 bits per heavy atom. The topological polar surface area (TPSA) is 66.4 Å². The van der Waals surface area contributed by atoms with Gasteiger partial charge in [-0.15, -0.1) is 0 Å². The summed E-state index contributed by atoms with van der Waals surface area (Å²) < 4.78 is 0. The first-order valence-electron chi connectivity index (χ1n) is 6.12. The molecule has 0 fully saturated rings. The number of carbonyl (C=O) groups is 2. The van der Waals surface area contributed by atoms with Crippen LogP contribution in [0.1, 0.15) is 32.3 Å². The van der Waals surface area contributed by atoms with Crippen LogP contribution in [0, 0.1) is 5.92 Å². The summed E-state index contributed by atoms with van der Waals surface area (Å²) in [6.07, 6.45) is 1.32. The quantitative estimate of drug-likeness (QED) is 0.814. The highest BCUT2D eigenvalue weighted by Crippen LogP contribution is 2.17. The van der Waals surface area contributed by atoms with Crippen LogP contribution in [-0.2, 0) is 16.0 Å². The predicted molar refractivity (Wildman–Crippen MR) is 70.5 cm³/mol. The van der Waals surface area contributed by atoms with E-state index in [9.17, 15) is 9.59 Å². The van der Waals surface area contributed by atoms with Crippen molar-refractivity contribution in [3.63, 3.8) is 0 Å². The summed E-state index contributed by atoms with van der Waals surface area (Å²) in [5.41, 5.74) is 1.22. The molecule has 0 spiro atoms. The van der Waals surface area contributed by atoms with Crippen molar-refractivity contribution in [2.75, 3.05) is 5.32 Å². The van der Waals surface area contributed by atoms with Gasteiger partial charge in [-0.2, -0.15) is 0 Å². The van der Waals surface area contributed by atoms with Gasteiger partial charge in [0.25, 0.3) is 0 Å². The number of anilines is 1. The fraction of sp³-hybridized carbons (Fsp3) is 0.429. The van der Waals surface area contributed by atoms with Crippen LogP contribution < -0.4 is 5.32 Å². The predicted octanol–water partition coefficient (Wildman–Crippen LogP) is 2.69. The molecular formula is C14H19NO3. The van der Waals surface area contributed by atoms with Crippen LogP contribution in [-0.4, -0.2) is 17.0 Å². The molecule has 1 rings (SSSR count). The lowest BCUT2D eigenvalue weighted by atomic mass is 10.0. The van der Waals surface area contributed by atoms with Gasteiger partial charge in [-0.05, 0) is 17.5 Å². The minimum Gasteiger partial charge on any atom is -0.481 e. The van der Waals surface area contributed by atoms with Gasteiger partial charge in [0, 0.05) is 12.1 Å². The number of nitrogens with one attached hydrogen (secondary N) is 1. The highest BCUT2D eigenvalue weighted by Gasteiger charge is 2.11. The Morgan fingerprint density at radius 2 is 2.00 bits per heavy atom. The highest BCUT2D eigenvalue weighted by molar-refractivity contribution is 5.92. The molecule has 4 heteroatoms. The third kappa shape index (κ3) is 4.57. The Bertz CT molecular complexity index is 429. The van der Waals surface area contributed by atoms with Gasteiger partial charge in [0.1, 0.15) is 0 Å². The molecule has 0 aromatic heterocycles. The third-order valence-corrected chi connectivity index (χ3v) is 2.86. The van der Waals surface area contributed by atoms with Crippen molar-refractivity contribution in [2.24, 2.45) is 5.92 Å². The number of hydrogen-bond donors (Lipinski definition) is 2. The molecule has 0 aliphatic carbocycles. The summed E-state index contributed by atoms with van der Waals surface area (Å²) in [5.74, 6) is -0.641. The lowest BCUT2D eigenvalue weighted by Gasteiger charge is -2.12. The zero-order valence-electron chi connectivity index (χ0n) is 10.8. The third-order valence-electron chi connectivity index (χ3n) is 2.86. The van der Waals surface area contributed by atoms with Gasteiger partial charge in [0.2, 0.25) is 5.91 Å². The summed E-state index contributed by atoms with van der Waals surface area (Å²) in [5, 5.41) is 11.6. The number of rotatable bonds is 6. The molecule has 1 atom stereocenters. The fourth-order valence-corrected chi connectivity index (χ4v) is 1.62. The molecule has 1 amide bonds. The fourth-order valence-electron chi connectivity index (χ4n) is 1.62. The van der Waals surface area contributed by atoms with Crippen molar-refractivity contribution in [3.05, 3.63) is 29.8 Å². The Balaban J connectivity index is 2.71. The largest absolute Gasteiger partial charge is 0.481 e. The first-order chi connectivity index (χ1) is 8.52. The number of carboxylic acid groups (broad SMARTS) is 1. The maximum absolute atomic E-state index is 11.8. The molecule has 0 saturated carbocycles. The van der Waals surface area contributed by atoms with Gasteiger partial charge in [-0.25, -0.2) is 0 Å². The monoisotopic (exact) mass is 249 g/mol. The summed E-state index contributed by atoms with van der Waals surface area (Å²) in [7, 11) is 0. The van der Waals surface area contributed by atoms with E-state index in [0.29, 0.717) is 23.6 Å². The normalized spacial score (nSPS) is 11.9. The molecule has 1 aromatic rings. The maximum atomic E-state index is 11.8. The number of carboxylic acids is 1. The van der Waals surface area contributed by atoms with E-state index in [0.717, 1.165) is 6.42 Å². The molecule has 98 valence electrons. The molecule has 1 unspecified atom stereocenters. The van der Waals surface area contributed by atoms with Crippen LogP contribution in [0.2, 0.25) is 0 Å². The number of amides is 1. The second-order valence-corrected chi connectivity index (χ2v) is 4.49. The van der Waals surface area contributed by atoms with Crippen molar-refractivity contribution in [2.45, 2.75) is 33.1 Å². The Labute approximate surface area is 107 Å². The number of benzene rings is 1. The van der Waals surface area contributed by atoms with E-state index >= 15 is 0 Å². The van der Waals surface area contributed by atoms with Crippen LogP contribution >= 0.6 is 0 Å². The molecule has 0 saturated heterocycles. The van der Waals surface area contributed by atoms with Crippen LogP contribution in [0.5, 0.6) is 0 Å². The minimum absolute atomic E-state index is 0.0674. The molecule has 4 nitrogen and oxygen atoms in total. The second-order valence-electron chi connectivity index (χ2n) is 4.49. The first kappa shape index (κ1) is 14.2. The molecule has 0 aliphatic heterocycles. The Hall–Kier alpha value is -1.84. The SMILES string of the molecule is CCC(C)CC(=O)Nc1ccccc1CC(=O)O. The standard InChI is InChI=1S/C14H19NO3/c1-3-10(2)8-13(16)15-12-7-5-4-6-11(12)9-14(17)18/h4-7,10H,3,8-9H2,1-2H3,(H,15,16)(H,17,18). The van der Waals surface area contributed by atoms with Gasteiger partial charge in [-0.1, -0.05) is 38.5 Å². The average Bonchev–Trinajstić information content (AvgIpc) is 2.30. The van der Waals surface area contributed by atoms with Gasteiger partial charge in [-0.3, -0.25) is 9.59 Å². The van der Waals surface area contributed by atoms with E-state index in [1.807, 2.05) is 13.8 Å². The van der Waals surface area contributed by atoms with Crippen LogP contribution in [0.4, 0.5) is 5.69 Å². The van der Waals surface area contributed by atoms with Crippen molar-refractivity contribution >= 4 is 17.6 Å². The van der Waals surface area contributed by atoms with Gasteiger partial charge in [0.05, 0.1) is 6.42 Å². The molecule has 18 heavy (non-hydrogen) atoms. The first-order valence-corrected chi connectivity index (χ1v) is 6.12. The van der Waals surface area contributed by atoms with E-state index in [1.165, 1.54) is 0 Å². The second kappa shape index (κ2) is 6.79. The van der Waals surface area contributed by atoms with Crippen molar-refractivity contribution in [1.29, 1.82) is 0 Å². The van der Waals surface area contributed by atoms with Gasteiger partial charge in [0.15, 0.2) is 0 Å². The lowest BCUT2D eigenvalue weighted by Crippen LogP contribution is -2.16. The Morgan fingerprint density at radius 1 is 1.33 bits per heavy atom. The number of hydrogen-bond acceptors (Lipinski definition) is 2. The molecule has 0 radical (unpaired) electrons. The van der Waals surface area contributed by atoms with E-state index in [2.05, 4.69) is 5.32 Å². The van der Waals surface area contributed by atoms with Crippen LogP contribution in [0.3, 0.4) is 0 Å². The number of para-hydroxylation sites is 1. The Kier molecular flexibility index (Phi) is 5.36. The maximum Gasteiger partial charge on any atom is 0.307 e. The smallest absolute Gasteiger partial charge is 0.307 e. The molecule has 0 aliphatic rings. The van der Waals surface area contributed by atoms with Gasteiger partial charge < -0.3 is 10.4 Å². The molecule has 0 heterocycles. The minimum atomic E-state index is -0.904. The van der Waals surface area contributed by atoms with E-state index in [-0.39, 0.29) is 12.3 Å². The molecular weight excluding hydrogens is 230 g/mol. The van der Waals surface area contributed by atoms with Crippen molar-refractivity contribution in [1.82, 2.24) is 0 Å². The zero-order valence-corrected chi connectivity index (χ0v) is 10.8. The van der Waals surface area contributed by atoms with Crippen LogP contribution in [0.25, 0.3) is 0 Å². The van der Waals surface area contributed by atoms with E-state index in [4.69, 9.17) is 5.11 Å². The van der Waals surface area contributed by atoms with Gasteiger partial charge >= 0.3 is 5.97 Å².